The first-order chi connectivity index (χ1) is 13.2. The third-order valence-corrected chi connectivity index (χ3v) is 6.95. The molecule has 4 atom stereocenters. The molecule has 4 N–H and O–H groups in total. The van der Waals surface area contributed by atoms with Gasteiger partial charge in [-0.15, -0.1) is 0 Å². The number of hydrogen-bond acceptors (Lipinski definition) is 3. The molecule has 3 aliphatic carbocycles. The molecule has 3 heteroatoms. The molecule has 1 fully saturated rings. The molecule has 3 nitrogen and oxygen atoms in total. The third kappa shape index (κ3) is 2.67. The standard InChI is InChI=1S/C24H26N2O/c25-18-5-7-19(8-6-18)26-15-17-10-12-24-11-2-1-3-22(24)21(17)13-16-4-9-20(27)14-23(16)24/h4-9,14,17,21-22,26-27H,1-3,11,13,15,25H2. The highest BCUT2D eigenvalue weighted by atomic mass is 16.3. The van der Waals surface area contributed by atoms with E-state index >= 15 is 0 Å². The highest BCUT2D eigenvalue weighted by Crippen LogP contribution is 2.56. The number of rotatable bonds is 3. The van der Waals surface area contributed by atoms with E-state index in [4.69, 9.17) is 5.73 Å². The topological polar surface area (TPSA) is 58.3 Å². The maximum Gasteiger partial charge on any atom is 0.115 e. The lowest BCUT2D eigenvalue weighted by atomic mass is 9.50. The molecular formula is C24H26N2O. The van der Waals surface area contributed by atoms with Crippen molar-refractivity contribution in [2.45, 2.75) is 37.5 Å². The van der Waals surface area contributed by atoms with Crippen molar-refractivity contribution < 1.29 is 5.11 Å². The summed E-state index contributed by atoms with van der Waals surface area (Å²) in [6.45, 7) is 0.877. The lowest BCUT2D eigenvalue weighted by Crippen LogP contribution is -2.51. The van der Waals surface area contributed by atoms with Crippen molar-refractivity contribution in [1.82, 2.24) is 0 Å². The summed E-state index contributed by atoms with van der Waals surface area (Å²) < 4.78 is 0. The van der Waals surface area contributed by atoms with Crippen LogP contribution < -0.4 is 11.1 Å². The van der Waals surface area contributed by atoms with Crippen LogP contribution in [0.4, 0.5) is 11.4 Å². The molecular weight excluding hydrogens is 332 g/mol. The lowest BCUT2D eigenvalue weighted by molar-refractivity contribution is 0.114. The Kier molecular flexibility index (Phi) is 3.82. The first-order valence-electron chi connectivity index (χ1n) is 10.1. The van der Waals surface area contributed by atoms with Crippen LogP contribution in [0.25, 0.3) is 0 Å². The second-order valence-electron chi connectivity index (χ2n) is 8.41. The molecule has 2 bridgehead atoms. The SMILES string of the molecule is Nc1ccc(NCC2C#CC34CCCCC3C2Cc2ccc(O)cc24)cc1. The number of nitrogens with one attached hydrogen (secondary N) is 1. The molecule has 1 saturated carbocycles. The van der Waals surface area contributed by atoms with Crippen molar-refractivity contribution in [2.24, 2.45) is 17.8 Å². The Morgan fingerprint density at radius 2 is 2.00 bits per heavy atom. The Balaban J connectivity index is 1.47. The number of hydrogen-bond donors (Lipinski definition) is 3. The molecule has 3 aliphatic rings. The number of nitrogens with two attached hydrogens (primary N) is 1. The van der Waals surface area contributed by atoms with E-state index in [1.54, 1.807) is 0 Å². The number of aromatic hydroxyl groups is 1. The summed E-state index contributed by atoms with van der Waals surface area (Å²) in [6.07, 6.45) is 6.01. The van der Waals surface area contributed by atoms with Gasteiger partial charge in [0.15, 0.2) is 0 Å². The fraction of sp³-hybridized carbons (Fsp3) is 0.417. The van der Waals surface area contributed by atoms with E-state index in [0.717, 1.165) is 30.8 Å². The molecule has 0 aliphatic heterocycles. The van der Waals surface area contributed by atoms with Crippen LogP contribution in [0.3, 0.4) is 0 Å². The quantitative estimate of drug-likeness (QED) is 0.566. The van der Waals surface area contributed by atoms with Gasteiger partial charge in [-0.2, -0.15) is 0 Å². The Morgan fingerprint density at radius 3 is 2.85 bits per heavy atom. The van der Waals surface area contributed by atoms with E-state index in [-0.39, 0.29) is 5.41 Å². The van der Waals surface area contributed by atoms with E-state index in [9.17, 15) is 5.11 Å². The Hall–Kier alpha value is -2.60. The molecule has 4 unspecified atom stereocenters. The summed E-state index contributed by atoms with van der Waals surface area (Å²) in [4.78, 5) is 0. The van der Waals surface area contributed by atoms with Gasteiger partial charge in [0.25, 0.3) is 0 Å². The second-order valence-corrected chi connectivity index (χ2v) is 8.41. The molecule has 138 valence electrons. The molecule has 0 spiro atoms. The van der Waals surface area contributed by atoms with Crippen molar-refractivity contribution in [3.63, 3.8) is 0 Å². The smallest absolute Gasteiger partial charge is 0.115 e. The predicted molar refractivity (Wildman–Crippen MR) is 110 cm³/mol. The minimum Gasteiger partial charge on any atom is -0.508 e. The third-order valence-electron chi connectivity index (χ3n) is 6.95. The maximum atomic E-state index is 10.1. The zero-order valence-corrected chi connectivity index (χ0v) is 15.5. The molecule has 0 radical (unpaired) electrons. The van der Waals surface area contributed by atoms with Gasteiger partial charge in [-0.1, -0.05) is 30.7 Å². The molecule has 0 heterocycles. The van der Waals surface area contributed by atoms with E-state index < -0.39 is 0 Å². The number of anilines is 2. The summed E-state index contributed by atoms with van der Waals surface area (Å²) in [5, 5.41) is 13.7. The highest BCUT2D eigenvalue weighted by Gasteiger charge is 2.52. The van der Waals surface area contributed by atoms with Gasteiger partial charge < -0.3 is 16.2 Å². The van der Waals surface area contributed by atoms with Gasteiger partial charge >= 0.3 is 0 Å². The fourth-order valence-corrected chi connectivity index (χ4v) is 5.67. The Morgan fingerprint density at radius 1 is 1.15 bits per heavy atom. The van der Waals surface area contributed by atoms with Crippen LogP contribution in [-0.4, -0.2) is 11.7 Å². The van der Waals surface area contributed by atoms with Gasteiger partial charge in [-0.05, 0) is 78.6 Å². The number of fused-ring (bicyclic) bond motifs is 1. The van der Waals surface area contributed by atoms with Crippen LogP contribution in [0.5, 0.6) is 5.75 Å². The van der Waals surface area contributed by atoms with Gasteiger partial charge in [0.2, 0.25) is 0 Å². The summed E-state index contributed by atoms with van der Waals surface area (Å²) in [7, 11) is 0. The Labute approximate surface area is 161 Å². The maximum absolute atomic E-state index is 10.1. The van der Waals surface area contributed by atoms with E-state index in [0.29, 0.717) is 23.5 Å². The average molecular weight is 358 g/mol. The van der Waals surface area contributed by atoms with Crippen LogP contribution in [0.1, 0.15) is 36.8 Å². The van der Waals surface area contributed by atoms with Gasteiger partial charge in [0.1, 0.15) is 5.75 Å². The molecule has 0 amide bonds. The van der Waals surface area contributed by atoms with Crippen molar-refractivity contribution in [3.8, 4) is 17.6 Å². The van der Waals surface area contributed by atoms with E-state index in [2.05, 4.69) is 23.2 Å². The van der Waals surface area contributed by atoms with Crippen molar-refractivity contribution in [1.29, 1.82) is 0 Å². The average Bonchev–Trinajstić information content (AvgIpc) is 2.69. The molecule has 5 rings (SSSR count). The molecule has 27 heavy (non-hydrogen) atoms. The first kappa shape index (κ1) is 16.6. The fourth-order valence-electron chi connectivity index (χ4n) is 5.67. The number of phenols is 1. The number of benzene rings is 2. The minimum atomic E-state index is -0.0348. The van der Waals surface area contributed by atoms with Crippen LogP contribution in [0, 0.1) is 29.6 Å². The van der Waals surface area contributed by atoms with Crippen molar-refractivity contribution in [2.75, 3.05) is 17.6 Å². The second kappa shape index (κ2) is 6.23. The van der Waals surface area contributed by atoms with Gasteiger partial charge in [0, 0.05) is 23.8 Å². The minimum absolute atomic E-state index is 0.0348. The predicted octanol–water partition coefficient (Wildman–Crippen LogP) is 4.32. The van der Waals surface area contributed by atoms with Gasteiger partial charge in [-0.25, -0.2) is 0 Å². The monoisotopic (exact) mass is 358 g/mol. The van der Waals surface area contributed by atoms with Gasteiger partial charge in [0.05, 0.1) is 5.41 Å². The van der Waals surface area contributed by atoms with E-state index in [1.807, 2.05) is 36.4 Å². The summed E-state index contributed by atoms with van der Waals surface area (Å²) in [5.41, 5.74) is 10.3. The Bertz CT molecular complexity index is 924. The highest BCUT2D eigenvalue weighted by molar-refractivity contribution is 5.53. The van der Waals surface area contributed by atoms with Crippen LogP contribution >= 0.6 is 0 Å². The zero-order chi connectivity index (χ0) is 18.4. The van der Waals surface area contributed by atoms with Crippen LogP contribution in [0.15, 0.2) is 42.5 Å². The molecule has 2 aromatic carbocycles. The molecule has 2 aromatic rings. The van der Waals surface area contributed by atoms with E-state index in [1.165, 1.54) is 30.4 Å². The van der Waals surface area contributed by atoms with Crippen molar-refractivity contribution >= 4 is 11.4 Å². The summed E-state index contributed by atoms with van der Waals surface area (Å²) in [5.74, 6) is 9.29. The summed E-state index contributed by atoms with van der Waals surface area (Å²) >= 11 is 0. The molecule has 0 saturated heterocycles. The summed E-state index contributed by atoms with van der Waals surface area (Å²) in [6, 6.07) is 13.9. The van der Waals surface area contributed by atoms with Crippen molar-refractivity contribution in [3.05, 3.63) is 53.6 Å². The van der Waals surface area contributed by atoms with Gasteiger partial charge in [-0.3, -0.25) is 0 Å². The largest absolute Gasteiger partial charge is 0.508 e. The normalized spacial score (nSPS) is 30.4. The van der Waals surface area contributed by atoms with Crippen LogP contribution in [-0.2, 0) is 11.8 Å². The number of phenolic OH excluding ortho intramolecular Hbond substituents is 1. The number of nitrogen functional groups attached to an aromatic ring is 1. The first-order valence-corrected chi connectivity index (χ1v) is 10.1. The van der Waals surface area contributed by atoms with Crippen LogP contribution in [0.2, 0.25) is 0 Å². The molecule has 0 aromatic heterocycles. The lowest BCUT2D eigenvalue weighted by Gasteiger charge is -2.53. The zero-order valence-electron chi connectivity index (χ0n) is 15.5.